The molecule has 0 radical (unpaired) electrons. The number of hydrogen-bond donors (Lipinski definition) is 7. The number of ether oxygens (including phenoxy) is 1. The van der Waals surface area contributed by atoms with E-state index in [2.05, 4.69) is 41.7 Å². The molecular formula is C65H74N16O9S6. The van der Waals surface area contributed by atoms with Gasteiger partial charge in [-0.2, -0.15) is 0 Å². The maximum Gasteiger partial charge on any atom is 0.271 e. The molecule has 25 nitrogen and oxygen atoms in total. The highest BCUT2D eigenvalue weighted by Crippen LogP contribution is 2.41. The molecule has 1 aliphatic carbocycles. The zero-order valence-corrected chi connectivity index (χ0v) is 58.4. The summed E-state index contributed by atoms with van der Waals surface area (Å²) in [6.07, 6.45) is 3.57. The van der Waals surface area contributed by atoms with Crippen LogP contribution in [-0.4, -0.2) is 169 Å². The number of amides is 7. The van der Waals surface area contributed by atoms with Crippen molar-refractivity contribution in [3.63, 3.8) is 0 Å². The van der Waals surface area contributed by atoms with Crippen molar-refractivity contribution in [2.45, 2.75) is 96.6 Å². The van der Waals surface area contributed by atoms with Gasteiger partial charge in [-0.05, 0) is 82.2 Å². The number of anilines is 1. The minimum atomic E-state index is -1.28. The fourth-order valence-electron chi connectivity index (χ4n) is 12.2. The van der Waals surface area contributed by atoms with Crippen molar-refractivity contribution in [3.05, 3.63) is 111 Å². The SMILES string of the molecule is CNC(=O)C[C@@H]1NC(=O)c2csc(n2)-c2ccc(-c3nc(NC(=O)[C@H]4CC[C@H](C(=O)N5CCN(CCN6CCCC6)CC5)CC4)cs3)nc2-c2csc(n2)-c2csc(n2)[C@H]([C@@H](O)c2ccccc2)NC(=O)CNC(=O)c2nc(sc2COC)[C@H](C(C)C)NC(=O)c2nc1sc2C. The van der Waals surface area contributed by atoms with Crippen molar-refractivity contribution in [2.24, 2.45) is 17.8 Å². The number of hydrogen-bond acceptors (Lipinski definition) is 24. The topological polar surface area (TPSA) is 321 Å². The van der Waals surface area contributed by atoms with Crippen molar-refractivity contribution in [2.75, 3.05) is 78.4 Å². The first-order valence-corrected chi connectivity index (χ1v) is 37.1. The van der Waals surface area contributed by atoms with E-state index in [1.54, 1.807) is 53.4 Å². The lowest BCUT2D eigenvalue weighted by molar-refractivity contribution is -0.139. The van der Waals surface area contributed by atoms with E-state index in [4.69, 9.17) is 39.6 Å². The summed E-state index contributed by atoms with van der Waals surface area (Å²) < 4.78 is 5.47. The maximum atomic E-state index is 14.4. The van der Waals surface area contributed by atoms with Crippen molar-refractivity contribution >= 4 is 115 Å². The standard InChI is InChI=1S/C65H74N16O9S6/c1-34(2)49-64-78-52(45(96-64)29-90-5)57(87)67-28-48(83)75-53(54(84)36-11-7-6-8-12-36)63-72-44(32-93-63)61-70-42(30-92-61)51-39(59-71-43(31-91-59)56(86)69-41(27-47(82)66-4)62-77-50(35(3)95-62)58(88)76-49)17-18-40(68-51)60-74-46(33-94-60)73-55(85)37-13-15-38(16-14-37)65(89)81-25-23-80(24-26-81)22-21-79-19-9-10-20-79/h6-8,11-12,17-18,30-34,37-38,41,49,53-54,84H,9-10,13-16,19-29H2,1-5H3,(H,66,82)(H,67,87)(H,69,86)(H,73,85)(H,75,83)(H,76,88)/t37-,38-,41-,49-,53-,54-/m0/s1. The molecule has 4 aliphatic rings. The van der Waals surface area contributed by atoms with Crippen LogP contribution in [0, 0.1) is 24.7 Å². The van der Waals surface area contributed by atoms with E-state index in [0.717, 1.165) is 50.6 Å². The number of likely N-dealkylation sites (tertiary alicyclic amines) is 1. The van der Waals surface area contributed by atoms with Crippen LogP contribution in [0.1, 0.15) is 145 Å². The molecule has 10 bridgehead atoms. The van der Waals surface area contributed by atoms with Gasteiger partial charge in [0.25, 0.3) is 17.7 Å². The second-order valence-corrected chi connectivity index (χ2v) is 30.2. The third-order valence-corrected chi connectivity index (χ3v) is 23.3. The van der Waals surface area contributed by atoms with Crippen LogP contribution in [0.15, 0.2) is 64.0 Å². The molecule has 4 atom stereocenters. The fourth-order valence-corrected chi connectivity index (χ4v) is 17.7. The summed E-state index contributed by atoms with van der Waals surface area (Å²) in [5.74, 6) is -3.04. The van der Waals surface area contributed by atoms with Crippen molar-refractivity contribution < 1.29 is 43.4 Å². The van der Waals surface area contributed by atoms with E-state index < -0.39 is 60.3 Å². The van der Waals surface area contributed by atoms with E-state index in [1.807, 2.05) is 36.3 Å². The second-order valence-electron chi connectivity index (χ2n) is 24.4. The number of methoxy groups -OCH3 is 1. The summed E-state index contributed by atoms with van der Waals surface area (Å²) in [5.41, 5.74) is 2.86. The molecule has 96 heavy (non-hydrogen) atoms. The lowest BCUT2D eigenvalue weighted by Gasteiger charge is -2.38. The number of thiazole rings is 6. The van der Waals surface area contributed by atoms with Crippen LogP contribution >= 0.6 is 68.0 Å². The molecule has 504 valence electrons. The number of carbonyl (C=O) groups is 7. The number of benzene rings is 1. The van der Waals surface area contributed by atoms with Crippen LogP contribution in [0.5, 0.6) is 0 Å². The average molecular weight is 1420 g/mol. The molecule has 3 aliphatic heterocycles. The number of piperazine rings is 1. The smallest absolute Gasteiger partial charge is 0.271 e. The summed E-state index contributed by atoms with van der Waals surface area (Å²) in [5, 5.41) is 38.7. The largest absolute Gasteiger partial charge is 0.386 e. The summed E-state index contributed by atoms with van der Waals surface area (Å²) in [4.78, 5) is 140. The quantitative estimate of drug-likeness (QED) is 0.0538. The predicted molar refractivity (Wildman–Crippen MR) is 370 cm³/mol. The predicted octanol–water partition coefficient (Wildman–Crippen LogP) is 8.30. The Morgan fingerprint density at radius 1 is 0.646 bits per heavy atom. The molecule has 31 heteroatoms. The number of nitrogens with one attached hydrogen (secondary N) is 6. The Kier molecular flexibility index (Phi) is 21.9. The van der Waals surface area contributed by atoms with Gasteiger partial charge in [-0.15, -0.1) is 68.0 Å². The first-order valence-electron chi connectivity index (χ1n) is 31.9. The molecule has 12 rings (SSSR count). The molecule has 8 aromatic rings. The Hall–Kier alpha value is -7.72. The Balaban J connectivity index is 0.825. The number of pyridine rings is 1. The van der Waals surface area contributed by atoms with Gasteiger partial charge in [-0.3, -0.25) is 38.5 Å². The normalized spacial score (nSPS) is 20.4. The molecule has 10 heterocycles. The van der Waals surface area contributed by atoms with E-state index in [0.29, 0.717) is 105 Å². The van der Waals surface area contributed by atoms with Gasteiger partial charge in [0.05, 0.1) is 42.2 Å². The van der Waals surface area contributed by atoms with E-state index >= 15 is 0 Å². The highest BCUT2D eigenvalue weighted by atomic mass is 32.1. The number of aromatic nitrogens is 7. The van der Waals surface area contributed by atoms with Crippen LogP contribution in [-0.2, 0) is 30.5 Å². The zero-order chi connectivity index (χ0) is 67.1. The van der Waals surface area contributed by atoms with Gasteiger partial charge in [0.15, 0.2) is 0 Å². The number of carbonyl (C=O) groups excluding carboxylic acids is 7. The van der Waals surface area contributed by atoms with Crippen LogP contribution in [0.25, 0.3) is 43.4 Å². The van der Waals surface area contributed by atoms with Crippen LogP contribution in [0.3, 0.4) is 0 Å². The number of aliphatic hydroxyl groups excluding tert-OH is 1. The second kappa shape index (κ2) is 30.8. The summed E-state index contributed by atoms with van der Waals surface area (Å²) >= 11 is 7.31. The van der Waals surface area contributed by atoms with Gasteiger partial charge in [-0.1, -0.05) is 44.2 Å². The summed E-state index contributed by atoms with van der Waals surface area (Å²) in [6.45, 7) is 12.7. The molecule has 7 aromatic heterocycles. The highest BCUT2D eigenvalue weighted by Gasteiger charge is 2.36. The molecule has 0 unspecified atom stereocenters. The third-order valence-electron chi connectivity index (χ3n) is 17.6. The number of aryl methyl sites for hydroxylation is 1. The third kappa shape index (κ3) is 15.8. The van der Waals surface area contributed by atoms with Gasteiger partial charge in [0.1, 0.15) is 82.2 Å². The molecule has 1 saturated carbocycles. The molecule has 0 spiro atoms. The summed E-state index contributed by atoms with van der Waals surface area (Å²) in [6, 6.07) is 9.65. The van der Waals surface area contributed by atoms with Crippen molar-refractivity contribution in [1.82, 2.24) is 76.2 Å². The summed E-state index contributed by atoms with van der Waals surface area (Å²) in [7, 11) is 2.96. The molecule has 1 aromatic carbocycles. The van der Waals surface area contributed by atoms with Crippen LogP contribution in [0.2, 0.25) is 0 Å². The number of rotatable bonds is 14. The fraction of sp³-hybridized carbons (Fsp3) is 0.446. The Bertz CT molecular complexity index is 4120. The first kappa shape index (κ1) is 68.2. The minimum absolute atomic E-state index is 0.00309. The number of nitrogens with zero attached hydrogens (tertiary/aromatic N) is 10. The average Bonchev–Trinajstić information content (AvgIpc) is 1.56. The molecular weight excluding hydrogens is 1340 g/mol. The van der Waals surface area contributed by atoms with Crippen LogP contribution < -0.4 is 31.9 Å². The molecule has 3 fully saturated rings. The van der Waals surface area contributed by atoms with Gasteiger partial charge < -0.3 is 51.5 Å². The van der Waals surface area contributed by atoms with Crippen molar-refractivity contribution in [3.8, 4) is 43.4 Å². The van der Waals surface area contributed by atoms with Crippen molar-refractivity contribution in [1.29, 1.82) is 0 Å². The minimum Gasteiger partial charge on any atom is -0.386 e. The molecule has 7 amide bonds. The lowest BCUT2D eigenvalue weighted by atomic mass is 9.81. The lowest BCUT2D eigenvalue weighted by Crippen LogP contribution is -2.51. The first-order chi connectivity index (χ1) is 46.5. The Morgan fingerprint density at radius 3 is 2.06 bits per heavy atom. The molecule has 7 N–H and O–H groups in total. The monoisotopic (exact) mass is 1410 g/mol. The highest BCUT2D eigenvalue weighted by molar-refractivity contribution is 7.15. The van der Waals surface area contributed by atoms with Gasteiger partial charge >= 0.3 is 0 Å². The van der Waals surface area contributed by atoms with E-state index in [1.165, 1.54) is 96.8 Å². The van der Waals surface area contributed by atoms with Gasteiger partial charge in [0.2, 0.25) is 23.6 Å². The van der Waals surface area contributed by atoms with Gasteiger partial charge in [0, 0.05) is 97.2 Å². The zero-order valence-electron chi connectivity index (χ0n) is 53.5. The Labute approximate surface area is 578 Å². The van der Waals surface area contributed by atoms with Gasteiger partial charge in [-0.25, -0.2) is 34.9 Å². The Morgan fingerprint density at radius 2 is 1.32 bits per heavy atom. The number of fused-ring (bicyclic) bond motifs is 14. The number of aliphatic hydroxyl groups is 1. The maximum absolute atomic E-state index is 14.4. The molecule has 2 saturated heterocycles. The van der Waals surface area contributed by atoms with Crippen LogP contribution in [0.4, 0.5) is 5.82 Å². The van der Waals surface area contributed by atoms with E-state index in [9.17, 15) is 38.7 Å². The van der Waals surface area contributed by atoms with E-state index in [-0.39, 0.29) is 59.7 Å².